The van der Waals surface area contributed by atoms with E-state index < -0.39 is 0 Å². The number of amides is 1. The van der Waals surface area contributed by atoms with Crippen molar-refractivity contribution in [3.63, 3.8) is 0 Å². The quantitative estimate of drug-likeness (QED) is 0.488. The van der Waals surface area contributed by atoms with E-state index in [1.807, 2.05) is 41.3 Å². The van der Waals surface area contributed by atoms with Crippen LogP contribution in [0, 0.1) is 0 Å². The first-order valence-corrected chi connectivity index (χ1v) is 10.9. The molecule has 1 atom stereocenters. The molecule has 2 N–H and O–H groups in total. The summed E-state index contributed by atoms with van der Waals surface area (Å²) in [5.41, 5.74) is 10.2. The molecular formula is C24H20ClN7O. The van der Waals surface area contributed by atoms with E-state index in [4.69, 9.17) is 17.3 Å². The number of aromatic nitrogens is 5. The lowest BCUT2D eigenvalue weighted by Crippen LogP contribution is -2.32. The zero-order chi connectivity index (χ0) is 22.8. The Hall–Kier alpha value is -3.91. The summed E-state index contributed by atoms with van der Waals surface area (Å²) in [7, 11) is 0. The standard InChI is InChI=1S/C24H20ClN7O/c25-17-8-6-15(7-9-17)18-13-29-24(26)31-22(18)21-5-2-10-32(21)23(33)20-4-1-3-19(30-20)16-11-27-14-28-12-16/h1,3-4,6-9,11-14,21H,2,5,10H2,(H2,26,29,31). The van der Waals surface area contributed by atoms with Gasteiger partial charge in [0.25, 0.3) is 5.91 Å². The van der Waals surface area contributed by atoms with Gasteiger partial charge in [0, 0.05) is 41.3 Å². The van der Waals surface area contributed by atoms with Crippen LogP contribution < -0.4 is 5.73 Å². The Kier molecular flexibility index (Phi) is 5.66. The van der Waals surface area contributed by atoms with Crippen LogP contribution in [0.4, 0.5) is 5.95 Å². The Morgan fingerprint density at radius 2 is 1.79 bits per heavy atom. The molecule has 1 amide bonds. The molecule has 0 bridgehead atoms. The number of nitrogen functional groups attached to an aromatic ring is 1. The first kappa shape index (κ1) is 21.0. The number of nitrogens with zero attached hydrogens (tertiary/aromatic N) is 6. The molecule has 0 radical (unpaired) electrons. The maximum atomic E-state index is 13.5. The zero-order valence-electron chi connectivity index (χ0n) is 17.6. The van der Waals surface area contributed by atoms with Gasteiger partial charge in [-0.2, -0.15) is 0 Å². The summed E-state index contributed by atoms with van der Waals surface area (Å²) in [5.74, 6) is 0.0154. The molecule has 0 saturated carbocycles. The number of hydrogen-bond acceptors (Lipinski definition) is 7. The molecule has 4 aromatic rings. The highest BCUT2D eigenvalue weighted by molar-refractivity contribution is 6.30. The van der Waals surface area contributed by atoms with Crippen molar-refractivity contribution in [2.24, 2.45) is 0 Å². The number of pyridine rings is 1. The summed E-state index contributed by atoms with van der Waals surface area (Å²) in [6.45, 7) is 0.605. The molecule has 3 aromatic heterocycles. The number of halogens is 1. The van der Waals surface area contributed by atoms with Gasteiger partial charge in [-0.3, -0.25) is 4.79 Å². The molecule has 1 unspecified atom stereocenters. The summed E-state index contributed by atoms with van der Waals surface area (Å²) in [6, 6.07) is 12.6. The third-order valence-corrected chi connectivity index (χ3v) is 5.90. The predicted molar refractivity (Wildman–Crippen MR) is 125 cm³/mol. The molecule has 33 heavy (non-hydrogen) atoms. The van der Waals surface area contributed by atoms with E-state index in [1.165, 1.54) is 6.33 Å². The lowest BCUT2D eigenvalue weighted by atomic mass is 9.99. The minimum atomic E-state index is -0.237. The van der Waals surface area contributed by atoms with Gasteiger partial charge >= 0.3 is 0 Å². The molecule has 0 aliphatic carbocycles. The van der Waals surface area contributed by atoms with Crippen molar-refractivity contribution in [3.05, 3.63) is 83.8 Å². The normalized spacial score (nSPS) is 15.5. The van der Waals surface area contributed by atoms with E-state index in [0.717, 1.165) is 35.2 Å². The third kappa shape index (κ3) is 4.25. The Morgan fingerprint density at radius 3 is 2.58 bits per heavy atom. The van der Waals surface area contributed by atoms with Crippen LogP contribution in [0.1, 0.15) is 35.1 Å². The number of likely N-dealkylation sites (tertiary alicyclic amines) is 1. The van der Waals surface area contributed by atoms with Crippen LogP contribution in [-0.2, 0) is 0 Å². The van der Waals surface area contributed by atoms with Crippen molar-refractivity contribution in [2.75, 3.05) is 12.3 Å². The van der Waals surface area contributed by atoms with Crippen LogP contribution in [-0.4, -0.2) is 42.3 Å². The van der Waals surface area contributed by atoms with E-state index in [0.29, 0.717) is 23.0 Å². The molecule has 164 valence electrons. The largest absolute Gasteiger partial charge is 0.368 e. The summed E-state index contributed by atoms with van der Waals surface area (Å²) < 4.78 is 0. The maximum Gasteiger partial charge on any atom is 0.273 e. The van der Waals surface area contributed by atoms with E-state index in [1.54, 1.807) is 24.7 Å². The van der Waals surface area contributed by atoms with Crippen molar-refractivity contribution in [1.82, 2.24) is 29.8 Å². The number of benzene rings is 1. The van der Waals surface area contributed by atoms with E-state index in [-0.39, 0.29) is 17.9 Å². The minimum Gasteiger partial charge on any atom is -0.368 e. The molecule has 1 aliphatic rings. The van der Waals surface area contributed by atoms with Gasteiger partial charge in [0.15, 0.2) is 0 Å². The molecule has 1 aromatic carbocycles. The number of anilines is 1. The predicted octanol–water partition coefficient (Wildman–Crippen LogP) is 4.21. The molecular weight excluding hydrogens is 438 g/mol. The first-order valence-electron chi connectivity index (χ1n) is 10.5. The summed E-state index contributed by atoms with van der Waals surface area (Å²) >= 11 is 6.06. The second-order valence-electron chi connectivity index (χ2n) is 7.73. The van der Waals surface area contributed by atoms with Crippen molar-refractivity contribution in [3.8, 4) is 22.4 Å². The van der Waals surface area contributed by atoms with Crippen molar-refractivity contribution in [2.45, 2.75) is 18.9 Å². The Balaban J connectivity index is 1.50. The van der Waals surface area contributed by atoms with Crippen molar-refractivity contribution in [1.29, 1.82) is 0 Å². The number of rotatable bonds is 4. The third-order valence-electron chi connectivity index (χ3n) is 5.65. The lowest BCUT2D eigenvalue weighted by Gasteiger charge is -2.26. The molecule has 4 heterocycles. The molecule has 8 nitrogen and oxygen atoms in total. The fourth-order valence-corrected chi connectivity index (χ4v) is 4.23. The monoisotopic (exact) mass is 457 g/mol. The average Bonchev–Trinajstić information content (AvgIpc) is 3.35. The smallest absolute Gasteiger partial charge is 0.273 e. The zero-order valence-corrected chi connectivity index (χ0v) is 18.4. The van der Waals surface area contributed by atoms with Crippen LogP contribution >= 0.6 is 11.6 Å². The Morgan fingerprint density at radius 1 is 1.00 bits per heavy atom. The van der Waals surface area contributed by atoms with Crippen molar-refractivity contribution < 1.29 is 4.79 Å². The maximum absolute atomic E-state index is 13.5. The van der Waals surface area contributed by atoms with Crippen LogP contribution in [0.3, 0.4) is 0 Å². The van der Waals surface area contributed by atoms with Crippen LogP contribution in [0.2, 0.25) is 5.02 Å². The summed E-state index contributed by atoms with van der Waals surface area (Å²) in [6.07, 6.45) is 8.13. The van der Waals surface area contributed by atoms with E-state index >= 15 is 0 Å². The number of carbonyl (C=O) groups is 1. The molecule has 1 saturated heterocycles. The highest BCUT2D eigenvalue weighted by Crippen LogP contribution is 2.37. The summed E-state index contributed by atoms with van der Waals surface area (Å²) in [4.78, 5) is 36.7. The van der Waals surface area contributed by atoms with E-state index in [2.05, 4.69) is 24.9 Å². The number of carbonyl (C=O) groups excluding carboxylic acids is 1. The van der Waals surface area contributed by atoms with Gasteiger partial charge in [-0.05, 0) is 42.7 Å². The average molecular weight is 458 g/mol. The lowest BCUT2D eigenvalue weighted by molar-refractivity contribution is 0.0727. The van der Waals surface area contributed by atoms with Gasteiger partial charge in [0.1, 0.15) is 12.0 Å². The van der Waals surface area contributed by atoms with Gasteiger partial charge in [0.05, 0.1) is 17.4 Å². The minimum absolute atomic E-state index is 0.157. The van der Waals surface area contributed by atoms with Crippen molar-refractivity contribution >= 4 is 23.5 Å². The Bertz CT molecular complexity index is 1300. The van der Waals surface area contributed by atoms with Gasteiger partial charge in [0.2, 0.25) is 5.95 Å². The molecule has 1 fully saturated rings. The number of hydrogen-bond donors (Lipinski definition) is 1. The van der Waals surface area contributed by atoms with E-state index in [9.17, 15) is 4.79 Å². The fourth-order valence-electron chi connectivity index (χ4n) is 4.10. The highest BCUT2D eigenvalue weighted by Gasteiger charge is 2.34. The van der Waals surface area contributed by atoms with Gasteiger partial charge in [-0.1, -0.05) is 29.8 Å². The van der Waals surface area contributed by atoms with Gasteiger partial charge in [-0.15, -0.1) is 0 Å². The SMILES string of the molecule is Nc1ncc(-c2ccc(Cl)cc2)c(C2CCCN2C(=O)c2cccc(-c3cncnc3)n2)n1. The van der Waals surface area contributed by atoms with Gasteiger partial charge in [-0.25, -0.2) is 24.9 Å². The fraction of sp³-hybridized carbons (Fsp3) is 0.167. The van der Waals surface area contributed by atoms with Crippen LogP contribution in [0.5, 0.6) is 0 Å². The van der Waals surface area contributed by atoms with Crippen LogP contribution in [0.15, 0.2) is 67.4 Å². The molecule has 9 heteroatoms. The molecule has 5 rings (SSSR count). The highest BCUT2D eigenvalue weighted by atomic mass is 35.5. The number of nitrogens with two attached hydrogens (primary N) is 1. The second-order valence-corrected chi connectivity index (χ2v) is 8.16. The molecule has 0 spiro atoms. The Labute approximate surface area is 195 Å². The molecule has 1 aliphatic heterocycles. The topological polar surface area (TPSA) is 111 Å². The van der Waals surface area contributed by atoms with Crippen LogP contribution in [0.25, 0.3) is 22.4 Å². The summed E-state index contributed by atoms with van der Waals surface area (Å²) in [5, 5.41) is 0.643. The first-order chi connectivity index (χ1) is 16.1. The second kappa shape index (κ2) is 8.91. The van der Waals surface area contributed by atoms with Gasteiger partial charge < -0.3 is 10.6 Å².